The van der Waals surface area contributed by atoms with Gasteiger partial charge < -0.3 is 0 Å². The van der Waals surface area contributed by atoms with Crippen molar-refractivity contribution >= 4 is 91.1 Å². The van der Waals surface area contributed by atoms with E-state index in [0.717, 1.165) is 56.3 Å². The van der Waals surface area contributed by atoms with Crippen molar-refractivity contribution in [3.05, 3.63) is 34.9 Å². The highest BCUT2D eigenvalue weighted by atomic mass is 32.3. The zero-order valence-electron chi connectivity index (χ0n) is 47.5. The Bertz CT molecular complexity index is 2520. The van der Waals surface area contributed by atoms with Crippen LogP contribution in [0, 0.1) is 0 Å². The van der Waals surface area contributed by atoms with E-state index < -0.39 is 107 Å². The van der Waals surface area contributed by atoms with Crippen molar-refractivity contribution in [2.24, 2.45) is 0 Å². The first-order valence-electron chi connectivity index (χ1n) is 25.4. The zero-order chi connectivity index (χ0) is 62.3. The van der Waals surface area contributed by atoms with Gasteiger partial charge in [0.15, 0.2) is 0 Å². The van der Waals surface area contributed by atoms with E-state index in [0.29, 0.717) is 16.7 Å². The molecule has 0 aliphatic carbocycles. The van der Waals surface area contributed by atoms with Gasteiger partial charge in [0.25, 0.3) is 91.1 Å². The summed E-state index contributed by atoms with van der Waals surface area (Å²) in [6.07, 6.45) is 7.75. The van der Waals surface area contributed by atoms with Gasteiger partial charge >= 0.3 is 0 Å². The number of hydrogen-bond donors (Lipinski definition) is 0. The Hall–Kier alpha value is -1.59. The van der Waals surface area contributed by atoms with E-state index in [1.807, 2.05) is 0 Å². The van der Waals surface area contributed by atoms with E-state index in [1.165, 1.54) is 0 Å². The van der Waals surface area contributed by atoms with Crippen molar-refractivity contribution in [3.8, 4) is 0 Å². The van der Waals surface area contributed by atoms with Crippen molar-refractivity contribution < 1.29 is 113 Å². The maximum absolute atomic E-state index is 12.3. The minimum Gasteiger partial charge on any atom is -0.270 e. The van der Waals surface area contributed by atoms with E-state index in [1.54, 1.807) is 18.2 Å². The first kappa shape index (κ1) is 77.4. The minimum absolute atomic E-state index is 0.00817. The average Bonchev–Trinajstić information content (AvgIpc) is 3.27. The largest absolute Gasteiger partial charge is 0.270 e. The molecule has 0 unspecified atom stereocenters. The molecule has 0 aliphatic heterocycles. The fourth-order valence-corrected chi connectivity index (χ4v) is 13.3. The number of hydrogen-bond acceptors (Lipinski definition) is 27. The average molecular weight is 1350 g/mol. The summed E-state index contributed by atoms with van der Waals surface area (Å²) in [7, 11) is -36.1. The second-order valence-electron chi connectivity index (χ2n) is 20.3. The highest BCUT2D eigenvalue weighted by Crippen LogP contribution is 2.49. The number of benzene rings is 1. The van der Waals surface area contributed by atoms with Crippen LogP contribution < -0.4 is 0 Å². The fourth-order valence-electron chi connectivity index (χ4n) is 9.56. The first-order chi connectivity index (χ1) is 36.7. The van der Waals surface area contributed by atoms with Gasteiger partial charge in [-0.2, -0.15) is 75.8 Å². The molecule has 0 radical (unpaired) electrons. The van der Waals surface area contributed by atoms with Crippen LogP contribution in [0.5, 0.6) is 0 Å². The number of rotatable bonds is 48. The molecular formula is C45H84O27S9. The summed E-state index contributed by atoms with van der Waals surface area (Å²) >= 11 is 0. The molecule has 36 heteroatoms. The highest BCUT2D eigenvalue weighted by molar-refractivity contribution is 7.87. The summed E-state index contributed by atoms with van der Waals surface area (Å²) in [6.45, 7) is -3.35. The minimum atomic E-state index is -4.02. The van der Waals surface area contributed by atoms with Crippen molar-refractivity contribution in [1.82, 2.24) is 0 Å². The lowest BCUT2D eigenvalue weighted by Gasteiger charge is -2.42. The van der Waals surface area contributed by atoms with Crippen LogP contribution in [-0.4, -0.2) is 192 Å². The maximum Gasteiger partial charge on any atom is 0.264 e. The molecule has 1 aromatic rings. The van der Waals surface area contributed by atoms with E-state index in [9.17, 15) is 75.8 Å². The second kappa shape index (κ2) is 33.5. The van der Waals surface area contributed by atoms with Crippen molar-refractivity contribution in [3.63, 3.8) is 0 Å². The molecule has 480 valence electrons. The highest BCUT2D eigenvalue weighted by Gasteiger charge is 2.40. The molecule has 0 N–H and O–H groups in total. The van der Waals surface area contributed by atoms with Gasteiger partial charge in [0.1, 0.15) is 0 Å². The van der Waals surface area contributed by atoms with Crippen LogP contribution >= 0.6 is 0 Å². The normalized spacial score (nSPS) is 14.2. The second-order valence-corrected chi connectivity index (χ2v) is 35.1. The molecule has 81 heavy (non-hydrogen) atoms. The van der Waals surface area contributed by atoms with E-state index in [2.05, 4.69) is 0 Å². The molecule has 1 rings (SSSR count). The molecule has 0 saturated heterocycles. The Morgan fingerprint density at radius 1 is 0.222 bits per heavy atom. The van der Waals surface area contributed by atoms with Crippen LogP contribution in [0.1, 0.15) is 132 Å². The van der Waals surface area contributed by atoms with Gasteiger partial charge in [0.2, 0.25) is 0 Å². The Balaban J connectivity index is 5.07. The van der Waals surface area contributed by atoms with Crippen LogP contribution in [-0.2, 0) is 145 Å². The molecule has 0 fully saturated rings. The third kappa shape index (κ3) is 38.2. The molecule has 0 aliphatic rings. The predicted octanol–water partition coefficient (Wildman–Crippen LogP) is 3.21. The molecule has 0 amide bonds. The predicted molar refractivity (Wildman–Crippen MR) is 302 cm³/mol. The third-order valence-corrected chi connectivity index (χ3v) is 18.0. The molecule has 1 aromatic carbocycles. The SMILES string of the molecule is CS(=O)(=O)OCCCC(CCCOS(C)(=O)=O)(CCCOS(C)(=O)=O)c1cc(C(CCCOS(C)(=O)=O)(CCCOS(C)(=O)=O)CCCOS(C)(=O)=O)cc(C(CCCOS(C)(=O)=O)(CCCOS(C)(=O)=O)CCCOS(C)(=O)=O)c1. The molecule has 0 bridgehead atoms. The van der Waals surface area contributed by atoms with Crippen molar-refractivity contribution in [2.75, 3.05) is 116 Å². The van der Waals surface area contributed by atoms with Gasteiger partial charge in [-0.3, -0.25) is 37.6 Å². The lowest BCUT2D eigenvalue weighted by Crippen LogP contribution is -2.35. The smallest absolute Gasteiger partial charge is 0.264 e. The molecule has 0 saturated carbocycles. The van der Waals surface area contributed by atoms with Crippen molar-refractivity contribution in [2.45, 2.75) is 132 Å². The van der Waals surface area contributed by atoms with Crippen LogP contribution in [0.25, 0.3) is 0 Å². The first-order valence-corrected chi connectivity index (χ1v) is 41.8. The molecule has 0 aromatic heterocycles. The fraction of sp³-hybridized carbons (Fsp3) is 0.867. The Morgan fingerprint density at radius 2 is 0.321 bits per heavy atom. The van der Waals surface area contributed by atoms with Crippen LogP contribution in [0.2, 0.25) is 0 Å². The monoisotopic (exact) mass is 1340 g/mol. The van der Waals surface area contributed by atoms with Gasteiger partial charge in [-0.05, 0) is 149 Å². The zero-order valence-corrected chi connectivity index (χ0v) is 54.9. The Morgan fingerprint density at radius 3 is 0.407 bits per heavy atom. The van der Waals surface area contributed by atoms with E-state index in [4.69, 9.17) is 37.6 Å². The van der Waals surface area contributed by atoms with Gasteiger partial charge in [-0.1, -0.05) is 18.2 Å². The van der Waals surface area contributed by atoms with E-state index in [-0.39, 0.29) is 175 Å². The standard InChI is InChI=1S/C45H84O27S9/c1-73(46,47)64-28-10-19-43(20-11-29-65-74(2,48)49,21-12-30-66-75(3,50)51)40-37-41(44(22-13-31-67-76(4,52)53,23-14-32-68-77(5,54)55)24-15-33-69-78(6,56)57)39-42(38-40)45(25-16-34-70-79(7,58)59,26-17-35-71-80(8,60)61)27-18-36-72-81(9,62)63/h37-39H,10-36H2,1-9H3. The Kier molecular flexibility index (Phi) is 32.0. The van der Waals surface area contributed by atoms with Gasteiger partial charge in [-0.15, -0.1) is 0 Å². The van der Waals surface area contributed by atoms with E-state index >= 15 is 0 Å². The summed E-state index contributed by atoms with van der Waals surface area (Å²) in [5.74, 6) is 0. The summed E-state index contributed by atoms with van der Waals surface area (Å²) in [5, 5.41) is 0. The molecule has 0 atom stereocenters. The molecule has 0 spiro atoms. The summed E-state index contributed by atoms with van der Waals surface area (Å²) in [6, 6.07) is 5.33. The quantitative estimate of drug-likeness (QED) is 0.0667. The topological polar surface area (TPSA) is 390 Å². The third-order valence-electron chi connectivity index (χ3n) is 12.6. The van der Waals surface area contributed by atoms with Gasteiger partial charge in [0, 0.05) is 0 Å². The van der Waals surface area contributed by atoms with Gasteiger partial charge in [-0.25, -0.2) is 0 Å². The van der Waals surface area contributed by atoms with Crippen LogP contribution in [0.4, 0.5) is 0 Å². The lowest BCUT2D eigenvalue weighted by atomic mass is 9.62. The Labute approximate surface area is 483 Å². The summed E-state index contributed by atoms with van der Waals surface area (Å²) < 4.78 is 268. The lowest BCUT2D eigenvalue weighted by molar-refractivity contribution is 0.217. The van der Waals surface area contributed by atoms with Gasteiger partial charge in [0.05, 0.1) is 116 Å². The van der Waals surface area contributed by atoms with Crippen LogP contribution in [0.15, 0.2) is 18.2 Å². The summed E-state index contributed by atoms with van der Waals surface area (Å²) in [4.78, 5) is 0. The maximum atomic E-state index is 12.3. The molecule has 0 heterocycles. The summed E-state index contributed by atoms with van der Waals surface area (Å²) in [5.41, 5.74) is -2.49. The van der Waals surface area contributed by atoms with Crippen molar-refractivity contribution in [1.29, 1.82) is 0 Å². The molecular weight excluding hydrogens is 1260 g/mol. The molecule has 27 nitrogen and oxygen atoms in total. The van der Waals surface area contributed by atoms with Crippen LogP contribution in [0.3, 0.4) is 0 Å².